The van der Waals surface area contributed by atoms with Crippen molar-refractivity contribution in [2.45, 2.75) is 36.8 Å². The molecule has 5 nitrogen and oxygen atoms in total. The van der Waals surface area contributed by atoms with E-state index in [1.165, 1.54) is 11.8 Å². The van der Waals surface area contributed by atoms with Crippen LogP contribution in [0.3, 0.4) is 0 Å². The van der Waals surface area contributed by atoms with Gasteiger partial charge in [-0.2, -0.15) is 0 Å². The predicted molar refractivity (Wildman–Crippen MR) is 51.9 cm³/mol. The maximum Gasteiger partial charge on any atom is 0.132 e. The molecule has 4 N–H and O–H groups in total. The molecule has 5 atom stereocenters. The van der Waals surface area contributed by atoms with Crippen molar-refractivity contribution in [1.29, 1.82) is 0 Å². The molecule has 1 aliphatic rings. The quantitative estimate of drug-likeness (QED) is 0.468. The van der Waals surface area contributed by atoms with Gasteiger partial charge in [0.2, 0.25) is 0 Å². The van der Waals surface area contributed by atoms with Crippen molar-refractivity contribution in [3.05, 3.63) is 0 Å². The largest absolute Gasteiger partial charge is 0.394 e. The summed E-state index contributed by atoms with van der Waals surface area (Å²) in [7, 11) is 0. The average molecular weight is 224 g/mol. The SMILES string of the molecule is CCSC1O[C@H](CO)[C@@H](O)[C@H](O)[C@H]1O. The van der Waals surface area contributed by atoms with Crippen LogP contribution in [0.2, 0.25) is 0 Å². The third-order valence-corrected chi connectivity index (χ3v) is 3.23. The van der Waals surface area contributed by atoms with Gasteiger partial charge in [0, 0.05) is 0 Å². The first-order valence-electron chi connectivity index (χ1n) is 4.54. The topological polar surface area (TPSA) is 90.2 Å². The summed E-state index contributed by atoms with van der Waals surface area (Å²) in [6.45, 7) is 1.53. The fraction of sp³-hybridized carbons (Fsp3) is 1.00. The Morgan fingerprint density at radius 3 is 2.29 bits per heavy atom. The Kier molecular flexibility index (Phi) is 4.62. The Balaban J connectivity index is 2.63. The molecule has 1 rings (SSSR count). The lowest BCUT2D eigenvalue weighted by Crippen LogP contribution is -2.57. The summed E-state index contributed by atoms with van der Waals surface area (Å²) in [5, 5.41) is 37.2. The van der Waals surface area contributed by atoms with Gasteiger partial charge in [-0.1, -0.05) is 6.92 Å². The second kappa shape index (κ2) is 5.29. The van der Waals surface area contributed by atoms with Gasteiger partial charge in [-0.15, -0.1) is 11.8 Å². The van der Waals surface area contributed by atoms with Crippen LogP contribution in [-0.2, 0) is 4.74 Å². The van der Waals surface area contributed by atoms with Crippen molar-refractivity contribution in [3.63, 3.8) is 0 Å². The van der Waals surface area contributed by atoms with Crippen LogP contribution in [0.25, 0.3) is 0 Å². The molecule has 0 spiro atoms. The van der Waals surface area contributed by atoms with Crippen LogP contribution < -0.4 is 0 Å². The highest BCUT2D eigenvalue weighted by atomic mass is 32.2. The summed E-state index contributed by atoms with van der Waals surface area (Å²) in [5.74, 6) is 0.725. The summed E-state index contributed by atoms with van der Waals surface area (Å²) >= 11 is 1.33. The van der Waals surface area contributed by atoms with Gasteiger partial charge in [-0.3, -0.25) is 0 Å². The van der Waals surface area contributed by atoms with Crippen molar-refractivity contribution in [2.75, 3.05) is 12.4 Å². The van der Waals surface area contributed by atoms with Gasteiger partial charge in [-0.05, 0) is 5.75 Å². The van der Waals surface area contributed by atoms with Gasteiger partial charge in [0.1, 0.15) is 29.9 Å². The first-order chi connectivity index (χ1) is 6.61. The van der Waals surface area contributed by atoms with Crippen LogP contribution in [0.4, 0.5) is 0 Å². The van der Waals surface area contributed by atoms with E-state index >= 15 is 0 Å². The molecular formula is C8H16O5S. The zero-order valence-electron chi connectivity index (χ0n) is 7.91. The minimum atomic E-state index is -1.26. The molecule has 84 valence electrons. The minimum absolute atomic E-state index is 0.369. The molecule has 1 heterocycles. The molecule has 0 bridgehead atoms. The smallest absolute Gasteiger partial charge is 0.132 e. The summed E-state index contributed by atoms with van der Waals surface area (Å²) in [4.78, 5) is 0. The lowest BCUT2D eigenvalue weighted by molar-refractivity contribution is -0.205. The molecule has 1 unspecified atom stereocenters. The standard InChI is InChI=1S/C8H16O5S/c1-2-14-8-7(12)6(11)5(10)4(3-9)13-8/h4-12H,2-3H2,1H3/t4-,5-,6+,7-,8?/m1/s1. The third kappa shape index (κ3) is 2.39. The zero-order valence-corrected chi connectivity index (χ0v) is 8.72. The molecule has 0 radical (unpaired) electrons. The molecule has 1 saturated heterocycles. The lowest BCUT2D eigenvalue weighted by Gasteiger charge is -2.39. The third-order valence-electron chi connectivity index (χ3n) is 2.18. The monoisotopic (exact) mass is 224 g/mol. The van der Waals surface area contributed by atoms with Crippen molar-refractivity contribution >= 4 is 11.8 Å². The molecule has 0 aromatic rings. The van der Waals surface area contributed by atoms with E-state index in [9.17, 15) is 15.3 Å². The number of hydrogen-bond acceptors (Lipinski definition) is 6. The number of hydrogen-bond donors (Lipinski definition) is 4. The Bertz CT molecular complexity index is 175. The van der Waals surface area contributed by atoms with Gasteiger partial charge < -0.3 is 25.2 Å². The fourth-order valence-electron chi connectivity index (χ4n) is 1.37. The van der Waals surface area contributed by atoms with Gasteiger partial charge in [0.25, 0.3) is 0 Å². The van der Waals surface area contributed by atoms with E-state index in [-0.39, 0.29) is 6.61 Å². The number of aliphatic hydroxyl groups excluding tert-OH is 4. The first-order valence-corrected chi connectivity index (χ1v) is 5.58. The molecule has 0 aromatic carbocycles. The van der Waals surface area contributed by atoms with E-state index in [1.807, 2.05) is 6.92 Å². The van der Waals surface area contributed by atoms with E-state index in [0.29, 0.717) is 0 Å². The van der Waals surface area contributed by atoms with E-state index in [2.05, 4.69) is 0 Å². The van der Waals surface area contributed by atoms with Crippen molar-refractivity contribution in [1.82, 2.24) is 0 Å². The minimum Gasteiger partial charge on any atom is -0.394 e. The van der Waals surface area contributed by atoms with Crippen LogP contribution in [0.15, 0.2) is 0 Å². The molecule has 1 aliphatic heterocycles. The first kappa shape index (κ1) is 12.2. The van der Waals surface area contributed by atoms with Crippen LogP contribution in [-0.4, -0.2) is 62.6 Å². The molecule has 0 saturated carbocycles. The fourth-order valence-corrected chi connectivity index (χ4v) is 2.28. The van der Waals surface area contributed by atoms with Crippen molar-refractivity contribution in [2.24, 2.45) is 0 Å². The number of rotatable bonds is 3. The number of ether oxygens (including phenoxy) is 1. The van der Waals surface area contributed by atoms with E-state index < -0.39 is 29.9 Å². The van der Waals surface area contributed by atoms with Crippen LogP contribution >= 0.6 is 11.8 Å². The Hall–Kier alpha value is 0.150. The van der Waals surface area contributed by atoms with Gasteiger partial charge in [-0.25, -0.2) is 0 Å². The Labute approximate surface area is 86.7 Å². The number of aliphatic hydroxyl groups is 4. The predicted octanol–water partition coefficient (Wildman–Crippen LogP) is -1.46. The normalized spacial score (nSPS) is 43.9. The van der Waals surface area contributed by atoms with E-state index in [1.54, 1.807) is 0 Å². The maximum atomic E-state index is 9.51. The lowest BCUT2D eigenvalue weighted by atomic mass is 10.0. The van der Waals surface area contributed by atoms with E-state index in [0.717, 1.165) is 5.75 Å². The molecule has 0 aliphatic carbocycles. The molecule has 1 fully saturated rings. The molecule has 0 amide bonds. The molecular weight excluding hydrogens is 208 g/mol. The van der Waals surface area contributed by atoms with Crippen LogP contribution in [0.5, 0.6) is 0 Å². The van der Waals surface area contributed by atoms with Gasteiger partial charge in [0.15, 0.2) is 0 Å². The summed E-state index contributed by atoms with van der Waals surface area (Å²) in [5.41, 5.74) is -0.587. The summed E-state index contributed by atoms with van der Waals surface area (Å²) in [6, 6.07) is 0. The number of thioether (sulfide) groups is 1. The summed E-state index contributed by atoms with van der Waals surface area (Å²) < 4.78 is 5.22. The molecule has 0 aromatic heterocycles. The van der Waals surface area contributed by atoms with Gasteiger partial charge in [0.05, 0.1) is 6.61 Å². The highest BCUT2D eigenvalue weighted by Gasteiger charge is 2.43. The highest BCUT2D eigenvalue weighted by molar-refractivity contribution is 7.99. The van der Waals surface area contributed by atoms with Crippen LogP contribution in [0.1, 0.15) is 6.92 Å². The van der Waals surface area contributed by atoms with E-state index in [4.69, 9.17) is 9.84 Å². The van der Waals surface area contributed by atoms with Crippen molar-refractivity contribution in [3.8, 4) is 0 Å². The maximum absolute atomic E-state index is 9.51. The van der Waals surface area contributed by atoms with Crippen molar-refractivity contribution < 1.29 is 25.2 Å². The second-order valence-electron chi connectivity index (χ2n) is 3.15. The van der Waals surface area contributed by atoms with Crippen LogP contribution in [0, 0.1) is 0 Å². The highest BCUT2D eigenvalue weighted by Crippen LogP contribution is 2.27. The average Bonchev–Trinajstić information content (AvgIpc) is 2.19. The van der Waals surface area contributed by atoms with Gasteiger partial charge >= 0.3 is 0 Å². The molecule has 6 heteroatoms. The Morgan fingerprint density at radius 1 is 1.14 bits per heavy atom. The molecule has 14 heavy (non-hydrogen) atoms. The second-order valence-corrected chi connectivity index (χ2v) is 4.53. The Morgan fingerprint density at radius 2 is 1.79 bits per heavy atom. The summed E-state index contributed by atoms with van der Waals surface area (Å²) in [6.07, 6.45) is -4.43. The zero-order chi connectivity index (χ0) is 10.7.